The Morgan fingerprint density at radius 2 is 2.20 bits per heavy atom. The van der Waals surface area contributed by atoms with Gasteiger partial charge in [-0.1, -0.05) is 0 Å². The molecule has 0 bridgehead atoms. The van der Waals surface area contributed by atoms with E-state index in [1.165, 1.54) is 0 Å². The second-order valence-electron chi connectivity index (χ2n) is 1.02. The minimum absolute atomic E-state index is 0.373. The van der Waals surface area contributed by atoms with Gasteiger partial charge in [0.2, 0.25) is 0 Å². The van der Waals surface area contributed by atoms with Crippen molar-refractivity contribution in [3.05, 3.63) is 0 Å². The fraction of sp³-hybridized carbons (Fsp3) is 0. The molecule has 5 N–H and O–H groups in total. The molecule has 58 valence electrons. The zero-order valence-electron chi connectivity index (χ0n) is 4.66. The molecule has 7 nitrogen and oxygen atoms in total. The average molecular weight is 167 g/mol. The van der Waals surface area contributed by atoms with E-state index >= 15 is 0 Å². The van der Waals surface area contributed by atoms with Crippen LogP contribution in [0, 0.1) is 0 Å². The lowest BCUT2D eigenvalue weighted by Crippen LogP contribution is -2.31. The molecule has 0 unspecified atom stereocenters. The van der Waals surface area contributed by atoms with Gasteiger partial charge in [0.15, 0.2) is 12.2 Å². The lowest BCUT2D eigenvalue weighted by molar-refractivity contribution is 0.192. The molecular formula is C2H5N3O4S. The van der Waals surface area contributed by atoms with E-state index < -0.39 is 12.2 Å². The van der Waals surface area contributed by atoms with E-state index in [-0.39, 0.29) is 0 Å². The van der Waals surface area contributed by atoms with Crippen molar-refractivity contribution in [3.63, 3.8) is 0 Å². The molecule has 0 fully saturated rings. The summed E-state index contributed by atoms with van der Waals surface area (Å²) in [4.78, 5) is 21.5. The summed E-state index contributed by atoms with van der Waals surface area (Å²) in [6.45, 7) is 0. The van der Waals surface area contributed by atoms with Crippen LogP contribution in [0.5, 0.6) is 0 Å². The molecule has 0 rings (SSSR count). The standard InChI is InChI=1S/C2H5N3O4S/c3-1(6)9-10-5-4-2(7)8/h4-5H,(H2,3,6)(H,7,8). The first-order valence-corrected chi connectivity index (χ1v) is 2.74. The van der Waals surface area contributed by atoms with Gasteiger partial charge in [-0.2, -0.15) is 0 Å². The van der Waals surface area contributed by atoms with Crippen LogP contribution in [0.2, 0.25) is 0 Å². The van der Waals surface area contributed by atoms with Crippen LogP contribution in [0.25, 0.3) is 0 Å². The first-order valence-electron chi connectivity index (χ1n) is 2.00. The van der Waals surface area contributed by atoms with Crippen molar-refractivity contribution in [3.8, 4) is 0 Å². The fourth-order valence-electron chi connectivity index (χ4n) is 0.126. The largest absolute Gasteiger partial charge is 0.464 e. The number of nitrogens with one attached hydrogen (secondary N) is 2. The Labute approximate surface area is 60.2 Å². The molecule has 0 aliphatic carbocycles. The van der Waals surface area contributed by atoms with Crippen molar-refractivity contribution in [1.82, 2.24) is 10.3 Å². The minimum atomic E-state index is -1.29. The lowest BCUT2D eigenvalue weighted by Gasteiger charge is -1.98. The second kappa shape index (κ2) is 4.70. The van der Waals surface area contributed by atoms with Crippen LogP contribution < -0.4 is 16.0 Å². The fourth-order valence-corrected chi connectivity index (χ4v) is 0.379. The highest BCUT2D eigenvalue weighted by atomic mass is 32.2. The summed E-state index contributed by atoms with van der Waals surface area (Å²) in [6.07, 6.45) is -2.30. The van der Waals surface area contributed by atoms with Crippen molar-refractivity contribution in [2.75, 3.05) is 0 Å². The van der Waals surface area contributed by atoms with E-state index in [9.17, 15) is 9.59 Å². The molecule has 0 aliphatic heterocycles. The predicted molar refractivity (Wildman–Crippen MR) is 32.6 cm³/mol. The van der Waals surface area contributed by atoms with Crippen molar-refractivity contribution < 1.29 is 18.9 Å². The Morgan fingerprint density at radius 3 is 2.60 bits per heavy atom. The first kappa shape index (κ1) is 8.85. The summed E-state index contributed by atoms with van der Waals surface area (Å²) in [5, 5.41) is 7.92. The minimum Gasteiger partial charge on any atom is -0.464 e. The number of carboxylic acid groups (broad SMARTS) is 1. The molecule has 0 heterocycles. The van der Waals surface area contributed by atoms with Crippen LogP contribution in [0.4, 0.5) is 9.59 Å². The average Bonchev–Trinajstić information content (AvgIpc) is 1.79. The van der Waals surface area contributed by atoms with Gasteiger partial charge < -0.3 is 15.0 Å². The summed E-state index contributed by atoms with van der Waals surface area (Å²) in [5.74, 6) is 0. The second-order valence-corrected chi connectivity index (χ2v) is 1.56. The Hall–Kier alpha value is -1.15. The molecule has 0 saturated heterocycles. The predicted octanol–water partition coefficient (Wildman–Crippen LogP) is -0.583. The topological polar surface area (TPSA) is 114 Å². The third-order valence-corrected chi connectivity index (χ3v) is 0.756. The van der Waals surface area contributed by atoms with Gasteiger partial charge in [-0.05, 0) is 0 Å². The van der Waals surface area contributed by atoms with Crippen molar-refractivity contribution >= 4 is 24.4 Å². The number of nitrogens with two attached hydrogens (primary N) is 1. The van der Waals surface area contributed by atoms with Crippen LogP contribution >= 0.6 is 12.2 Å². The Bertz CT molecular complexity index is 122. The van der Waals surface area contributed by atoms with Gasteiger partial charge in [-0.15, -0.1) is 4.83 Å². The van der Waals surface area contributed by atoms with E-state index in [1.807, 2.05) is 4.83 Å². The van der Waals surface area contributed by atoms with Crippen LogP contribution in [0.15, 0.2) is 0 Å². The summed E-state index contributed by atoms with van der Waals surface area (Å²) in [5.41, 5.74) is 6.21. The molecule has 10 heavy (non-hydrogen) atoms. The number of hydrogen-bond donors (Lipinski definition) is 4. The number of carbonyl (C=O) groups is 2. The molecule has 0 aromatic rings. The number of rotatable bonds is 3. The molecule has 2 amide bonds. The van der Waals surface area contributed by atoms with Gasteiger partial charge in [-0.3, -0.25) is 0 Å². The van der Waals surface area contributed by atoms with Crippen LogP contribution in [-0.4, -0.2) is 17.3 Å². The highest BCUT2D eigenvalue weighted by molar-refractivity contribution is 7.93. The van der Waals surface area contributed by atoms with Crippen molar-refractivity contribution in [2.45, 2.75) is 0 Å². The van der Waals surface area contributed by atoms with E-state index in [0.717, 1.165) is 0 Å². The summed E-state index contributed by atoms with van der Waals surface area (Å²) in [6, 6.07) is 0. The SMILES string of the molecule is NC(=O)OSNNC(=O)O. The zero-order valence-corrected chi connectivity index (χ0v) is 5.47. The third kappa shape index (κ3) is 6.85. The maximum Gasteiger partial charge on any atom is 0.419 e. The maximum absolute atomic E-state index is 9.81. The number of carbonyl (C=O) groups excluding carboxylic acids is 1. The van der Waals surface area contributed by atoms with Crippen molar-refractivity contribution in [2.24, 2.45) is 5.73 Å². The molecular weight excluding hydrogens is 162 g/mol. The van der Waals surface area contributed by atoms with E-state index in [2.05, 4.69) is 9.92 Å². The molecule has 0 atom stereocenters. The van der Waals surface area contributed by atoms with E-state index in [0.29, 0.717) is 12.2 Å². The van der Waals surface area contributed by atoms with Gasteiger partial charge >= 0.3 is 12.2 Å². The van der Waals surface area contributed by atoms with Crippen LogP contribution in [0.1, 0.15) is 0 Å². The van der Waals surface area contributed by atoms with Gasteiger partial charge in [0.25, 0.3) is 0 Å². The van der Waals surface area contributed by atoms with E-state index in [1.54, 1.807) is 5.43 Å². The summed E-state index contributed by atoms with van der Waals surface area (Å²) >= 11 is 0.373. The molecule has 8 heteroatoms. The molecule has 0 spiro atoms. The van der Waals surface area contributed by atoms with Crippen LogP contribution in [-0.2, 0) is 4.18 Å². The van der Waals surface area contributed by atoms with Gasteiger partial charge in [0, 0.05) is 0 Å². The highest BCUT2D eigenvalue weighted by Gasteiger charge is 1.95. The Balaban J connectivity index is 3.06. The van der Waals surface area contributed by atoms with Gasteiger partial charge in [0.1, 0.15) is 0 Å². The quantitative estimate of drug-likeness (QED) is 0.193. The number of hydrazine groups is 1. The Morgan fingerprint density at radius 1 is 1.60 bits per heavy atom. The highest BCUT2D eigenvalue weighted by Crippen LogP contribution is 1.90. The lowest BCUT2D eigenvalue weighted by atomic mass is 11.3. The summed E-state index contributed by atoms with van der Waals surface area (Å²) < 4.78 is 4.01. The molecule has 0 aromatic carbocycles. The molecule has 0 saturated carbocycles. The monoisotopic (exact) mass is 167 g/mol. The molecule has 0 aliphatic rings. The smallest absolute Gasteiger partial charge is 0.419 e. The first-order chi connectivity index (χ1) is 4.63. The molecule has 0 radical (unpaired) electrons. The van der Waals surface area contributed by atoms with Gasteiger partial charge in [-0.25, -0.2) is 15.0 Å². The third-order valence-electron chi connectivity index (χ3n) is 0.323. The zero-order chi connectivity index (χ0) is 7.98. The number of primary amides is 1. The normalized spacial score (nSPS) is 8.40. The number of hydrogen-bond acceptors (Lipinski definition) is 5. The van der Waals surface area contributed by atoms with Crippen molar-refractivity contribution in [1.29, 1.82) is 0 Å². The Kier molecular flexibility index (Phi) is 4.16. The van der Waals surface area contributed by atoms with Crippen LogP contribution in [0.3, 0.4) is 0 Å². The summed E-state index contributed by atoms with van der Waals surface area (Å²) in [7, 11) is 0. The van der Waals surface area contributed by atoms with Gasteiger partial charge in [0.05, 0.1) is 0 Å². The maximum atomic E-state index is 9.81. The number of amides is 2. The van der Waals surface area contributed by atoms with E-state index in [4.69, 9.17) is 5.11 Å². The molecule has 0 aromatic heterocycles.